The molecule has 1 aromatic rings. The van der Waals surface area contributed by atoms with Crippen molar-refractivity contribution >= 4 is 17.3 Å². The number of hydrogen-bond acceptors (Lipinski definition) is 3. The van der Waals surface area contributed by atoms with Crippen LogP contribution in [0.4, 0.5) is 0 Å². The van der Waals surface area contributed by atoms with Crippen molar-refractivity contribution in [1.82, 2.24) is 10.2 Å². The van der Waals surface area contributed by atoms with Gasteiger partial charge in [0.05, 0.1) is 6.61 Å². The summed E-state index contributed by atoms with van der Waals surface area (Å²) in [6.45, 7) is 7.22. The summed E-state index contributed by atoms with van der Waals surface area (Å²) in [5.74, 6) is 1.56. The van der Waals surface area contributed by atoms with Gasteiger partial charge in [-0.2, -0.15) is 11.3 Å². The molecule has 21 heavy (non-hydrogen) atoms. The number of aliphatic imine (C=N–C) groups is 1. The van der Waals surface area contributed by atoms with Gasteiger partial charge in [0.15, 0.2) is 5.96 Å². The molecule has 0 amide bonds. The van der Waals surface area contributed by atoms with Gasteiger partial charge in [0.25, 0.3) is 0 Å². The van der Waals surface area contributed by atoms with E-state index in [4.69, 9.17) is 4.74 Å². The van der Waals surface area contributed by atoms with Crippen molar-refractivity contribution in [1.29, 1.82) is 0 Å². The van der Waals surface area contributed by atoms with E-state index in [2.05, 4.69) is 39.0 Å². The molecular formula is C16H25N3OS. The van der Waals surface area contributed by atoms with E-state index in [9.17, 15) is 0 Å². The summed E-state index contributed by atoms with van der Waals surface area (Å²) in [5.41, 5.74) is 1.79. The molecule has 2 saturated heterocycles. The molecule has 2 aliphatic rings. The Morgan fingerprint density at radius 1 is 1.57 bits per heavy atom. The standard InChI is InChI=1S/C16H25N3OS/c1-13(14-3-8-21-10-14)9-18-15(17-2)19-6-4-16(11-19)5-7-20-12-16/h3,8,10,13H,4-7,9,11-12H2,1-2H3,(H,17,18). The lowest BCUT2D eigenvalue weighted by atomic mass is 9.87. The summed E-state index contributed by atoms with van der Waals surface area (Å²) in [6, 6.07) is 2.21. The van der Waals surface area contributed by atoms with Gasteiger partial charge in [-0.1, -0.05) is 6.92 Å². The zero-order valence-electron chi connectivity index (χ0n) is 13.0. The van der Waals surface area contributed by atoms with Crippen molar-refractivity contribution in [3.8, 4) is 0 Å². The summed E-state index contributed by atoms with van der Waals surface area (Å²) >= 11 is 1.76. The number of rotatable bonds is 3. The fraction of sp³-hybridized carbons (Fsp3) is 0.688. The average Bonchev–Trinajstić information content (AvgIpc) is 3.23. The van der Waals surface area contributed by atoms with Crippen LogP contribution in [0.3, 0.4) is 0 Å². The Morgan fingerprint density at radius 3 is 3.14 bits per heavy atom. The highest BCUT2D eigenvalue weighted by molar-refractivity contribution is 7.07. The molecule has 4 nitrogen and oxygen atoms in total. The van der Waals surface area contributed by atoms with Crippen LogP contribution in [0.1, 0.15) is 31.2 Å². The van der Waals surface area contributed by atoms with E-state index in [-0.39, 0.29) is 0 Å². The molecule has 0 bridgehead atoms. The van der Waals surface area contributed by atoms with Gasteiger partial charge >= 0.3 is 0 Å². The van der Waals surface area contributed by atoms with E-state index in [0.29, 0.717) is 11.3 Å². The Kier molecular flexibility index (Phi) is 4.50. The maximum Gasteiger partial charge on any atom is 0.193 e. The van der Waals surface area contributed by atoms with Crippen LogP contribution in [-0.2, 0) is 4.74 Å². The van der Waals surface area contributed by atoms with Crippen LogP contribution < -0.4 is 5.32 Å². The zero-order valence-corrected chi connectivity index (χ0v) is 13.8. The second kappa shape index (κ2) is 6.36. The topological polar surface area (TPSA) is 36.9 Å². The molecule has 1 spiro atoms. The molecule has 1 aromatic heterocycles. The lowest BCUT2D eigenvalue weighted by Gasteiger charge is -2.25. The summed E-state index contributed by atoms with van der Waals surface area (Å²) < 4.78 is 5.61. The molecule has 3 rings (SSSR count). The monoisotopic (exact) mass is 307 g/mol. The first-order chi connectivity index (χ1) is 10.2. The molecule has 0 saturated carbocycles. The van der Waals surface area contributed by atoms with Crippen LogP contribution in [-0.4, -0.2) is 50.8 Å². The van der Waals surface area contributed by atoms with E-state index in [1.807, 2.05) is 7.05 Å². The summed E-state index contributed by atoms with van der Waals surface area (Å²) in [6.07, 6.45) is 2.43. The van der Waals surface area contributed by atoms with E-state index < -0.39 is 0 Å². The molecule has 3 heterocycles. The van der Waals surface area contributed by atoms with Crippen LogP contribution >= 0.6 is 11.3 Å². The first kappa shape index (κ1) is 14.9. The number of nitrogens with zero attached hydrogens (tertiary/aromatic N) is 2. The molecule has 0 radical (unpaired) electrons. The van der Waals surface area contributed by atoms with Gasteiger partial charge in [0.1, 0.15) is 0 Å². The van der Waals surface area contributed by atoms with Crippen molar-refractivity contribution in [2.45, 2.75) is 25.7 Å². The third-order valence-electron chi connectivity index (χ3n) is 4.81. The number of hydrogen-bond donors (Lipinski definition) is 1. The summed E-state index contributed by atoms with van der Waals surface area (Å²) in [5, 5.41) is 7.92. The maximum atomic E-state index is 5.61. The first-order valence-electron chi connectivity index (χ1n) is 7.78. The van der Waals surface area contributed by atoms with Gasteiger partial charge in [-0.05, 0) is 41.1 Å². The molecule has 1 N–H and O–H groups in total. The fourth-order valence-corrected chi connectivity index (χ4v) is 4.12. The van der Waals surface area contributed by atoms with E-state index in [1.165, 1.54) is 18.4 Å². The largest absolute Gasteiger partial charge is 0.381 e. The fourth-order valence-electron chi connectivity index (χ4n) is 3.34. The van der Waals surface area contributed by atoms with Crippen LogP contribution in [0.25, 0.3) is 0 Å². The molecule has 2 unspecified atom stereocenters. The Hall–Kier alpha value is -1.07. The Labute approximate surface area is 131 Å². The van der Waals surface area contributed by atoms with Crippen LogP contribution in [0, 0.1) is 5.41 Å². The Bertz CT molecular complexity index is 480. The molecule has 2 aliphatic heterocycles. The third kappa shape index (κ3) is 3.24. The van der Waals surface area contributed by atoms with Gasteiger partial charge < -0.3 is 15.0 Å². The predicted octanol–water partition coefficient (Wildman–Crippen LogP) is 2.54. The molecule has 116 valence electrons. The van der Waals surface area contributed by atoms with Crippen molar-refractivity contribution in [2.75, 3.05) is 39.9 Å². The van der Waals surface area contributed by atoms with E-state index >= 15 is 0 Å². The summed E-state index contributed by atoms with van der Waals surface area (Å²) in [7, 11) is 1.88. The molecule has 5 heteroatoms. The summed E-state index contributed by atoms with van der Waals surface area (Å²) in [4.78, 5) is 6.87. The zero-order chi connectivity index (χ0) is 14.7. The number of guanidine groups is 1. The highest BCUT2D eigenvalue weighted by atomic mass is 32.1. The number of ether oxygens (including phenoxy) is 1. The smallest absolute Gasteiger partial charge is 0.193 e. The lowest BCUT2D eigenvalue weighted by Crippen LogP contribution is -2.42. The van der Waals surface area contributed by atoms with Gasteiger partial charge in [-0.3, -0.25) is 4.99 Å². The van der Waals surface area contributed by atoms with Crippen molar-refractivity contribution < 1.29 is 4.74 Å². The van der Waals surface area contributed by atoms with Gasteiger partial charge in [-0.25, -0.2) is 0 Å². The minimum absolute atomic E-state index is 0.386. The normalized spacial score (nSPS) is 27.5. The van der Waals surface area contributed by atoms with Crippen molar-refractivity contribution in [3.05, 3.63) is 22.4 Å². The molecule has 2 atom stereocenters. The predicted molar refractivity (Wildman–Crippen MR) is 88.2 cm³/mol. The first-order valence-corrected chi connectivity index (χ1v) is 8.72. The second-order valence-corrected chi connectivity index (χ2v) is 7.14. The maximum absolute atomic E-state index is 5.61. The van der Waals surface area contributed by atoms with E-state index in [0.717, 1.165) is 38.8 Å². The minimum Gasteiger partial charge on any atom is -0.381 e. The minimum atomic E-state index is 0.386. The van der Waals surface area contributed by atoms with E-state index in [1.54, 1.807) is 11.3 Å². The Balaban J connectivity index is 1.54. The molecular weight excluding hydrogens is 282 g/mol. The molecule has 2 fully saturated rings. The van der Waals surface area contributed by atoms with Gasteiger partial charge in [-0.15, -0.1) is 0 Å². The second-order valence-electron chi connectivity index (χ2n) is 6.36. The van der Waals surface area contributed by atoms with Crippen LogP contribution in [0.5, 0.6) is 0 Å². The van der Waals surface area contributed by atoms with Crippen LogP contribution in [0.15, 0.2) is 21.8 Å². The highest BCUT2D eigenvalue weighted by Crippen LogP contribution is 2.38. The van der Waals surface area contributed by atoms with Crippen molar-refractivity contribution in [3.63, 3.8) is 0 Å². The van der Waals surface area contributed by atoms with Gasteiger partial charge in [0.2, 0.25) is 0 Å². The molecule has 0 aliphatic carbocycles. The van der Waals surface area contributed by atoms with Crippen LogP contribution in [0.2, 0.25) is 0 Å². The van der Waals surface area contributed by atoms with Gasteiger partial charge in [0, 0.05) is 38.7 Å². The average molecular weight is 307 g/mol. The number of likely N-dealkylation sites (tertiary alicyclic amines) is 1. The number of nitrogens with one attached hydrogen (secondary N) is 1. The number of thiophene rings is 1. The molecule has 0 aromatic carbocycles. The highest BCUT2D eigenvalue weighted by Gasteiger charge is 2.42. The SMILES string of the molecule is CN=C(NCC(C)c1ccsc1)N1CCC2(CCOC2)C1. The third-order valence-corrected chi connectivity index (χ3v) is 5.51. The van der Waals surface area contributed by atoms with Crippen molar-refractivity contribution in [2.24, 2.45) is 10.4 Å². The lowest BCUT2D eigenvalue weighted by molar-refractivity contribution is 0.156. The Morgan fingerprint density at radius 2 is 2.48 bits per heavy atom. The quantitative estimate of drug-likeness (QED) is 0.689.